The van der Waals surface area contributed by atoms with Gasteiger partial charge in [-0.15, -0.1) is 0 Å². The molecule has 1 aliphatic heterocycles. The highest BCUT2D eigenvalue weighted by molar-refractivity contribution is 7.07. The molecule has 0 bridgehead atoms. The minimum atomic E-state index is -0.783. The number of hydrogen-bond acceptors (Lipinski definition) is 8. The fourth-order valence-electron chi connectivity index (χ4n) is 5.16. The molecule has 5 aromatic rings. The molecule has 44 heavy (non-hydrogen) atoms. The maximum absolute atomic E-state index is 14.0. The molecule has 1 unspecified atom stereocenters. The van der Waals surface area contributed by atoms with E-state index < -0.39 is 11.0 Å². The van der Waals surface area contributed by atoms with Gasteiger partial charge in [-0.05, 0) is 67.4 Å². The number of allylic oxidation sites excluding steroid dienone is 1. The van der Waals surface area contributed by atoms with Crippen LogP contribution in [0.4, 0.5) is 11.4 Å². The molecule has 220 valence electrons. The highest BCUT2D eigenvalue weighted by Crippen LogP contribution is 2.34. The Labute approximate surface area is 255 Å². The zero-order valence-corrected chi connectivity index (χ0v) is 24.8. The molecule has 0 saturated heterocycles. The maximum atomic E-state index is 14.0. The molecule has 10 nitrogen and oxygen atoms in total. The van der Waals surface area contributed by atoms with Crippen LogP contribution in [-0.4, -0.2) is 22.5 Å². The number of fused-ring (bicyclic) bond motifs is 1. The number of thiazole rings is 1. The van der Waals surface area contributed by atoms with Crippen LogP contribution in [0.5, 0.6) is 5.75 Å². The Hall–Kier alpha value is -5.55. The molecule has 1 atom stereocenters. The number of amides is 1. The molecule has 1 N–H and O–H groups in total. The van der Waals surface area contributed by atoms with E-state index >= 15 is 0 Å². The van der Waals surface area contributed by atoms with Crippen molar-refractivity contribution in [2.75, 3.05) is 12.4 Å². The van der Waals surface area contributed by atoms with Crippen molar-refractivity contribution in [3.63, 3.8) is 0 Å². The first kappa shape index (κ1) is 28.6. The van der Waals surface area contributed by atoms with E-state index in [4.69, 9.17) is 9.15 Å². The van der Waals surface area contributed by atoms with Crippen LogP contribution in [0.2, 0.25) is 0 Å². The number of hydrogen-bond donors (Lipinski definition) is 1. The van der Waals surface area contributed by atoms with Crippen LogP contribution >= 0.6 is 11.3 Å². The third-order valence-corrected chi connectivity index (χ3v) is 8.21. The fourth-order valence-corrected chi connectivity index (χ4v) is 6.19. The monoisotopic (exact) mass is 606 g/mol. The Morgan fingerprint density at radius 1 is 1.07 bits per heavy atom. The van der Waals surface area contributed by atoms with Crippen molar-refractivity contribution in [2.24, 2.45) is 4.99 Å². The van der Waals surface area contributed by atoms with E-state index in [0.717, 1.165) is 16.9 Å². The third-order valence-electron chi connectivity index (χ3n) is 7.22. The number of furan rings is 1. The van der Waals surface area contributed by atoms with Gasteiger partial charge in [-0.1, -0.05) is 47.7 Å². The van der Waals surface area contributed by atoms with Gasteiger partial charge in [0, 0.05) is 17.8 Å². The second-order valence-corrected chi connectivity index (χ2v) is 11.2. The van der Waals surface area contributed by atoms with E-state index in [9.17, 15) is 19.7 Å². The molecule has 3 aromatic carbocycles. The van der Waals surface area contributed by atoms with Crippen molar-refractivity contribution in [2.45, 2.75) is 19.9 Å². The van der Waals surface area contributed by atoms with Gasteiger partial charge >= 0.3 is 0 Å². The van der Waals surface area contributed by atoms with Gasteiger partial charge in [0.05, 0.1) is 39.4 Å². The van der Waals surface area contributed by atoms with Crippen LogP contribution in [0.1, 0.15) is 29.9 Å². The Morgan fingerprint density at radius 2 is 1.86 bits per heavy atom. The molecule has 0 radical (unpaired) electrons. The summed E-state index contributed by atoms with van der Waals surface area (Å²) in [6.07, 6.45) is 1.58. The Bertz CT molecular complexity index is 2140. The predicted molar refractivity (Wildman–Crippen MR) is 167 cm³/mol. The average Bonchev–Trinajstić information content (AvgIpc) is 3.60. The first-order valence-electron chi connectivity index (χ1n) is 13.6. The minimum absolute atomic E-state index is 0.0691. The van der Waals surface area contributed by atoms with Crippen molar-refractivity contribution in [1.82, 2.24) is 4.57 Å². The lowest BCUT2D eigenvalue weighted by Gasteiger charge is -2.25. The van der Waals surface area contributed by atoms with Crippen molar-refractivity contribution in [3.8, 4) is 17.1 Å². The smallest absolute Gasteiger partial charge is 0.280 e. The van der Waals surface area contributed by atoms with Gasteiger partial charge in [-0.3, -0.25) is 24.3 Å². The van der Waals surface area contributed by atoms with Crippen molar-refractivity contribution < 1.29 is 18.9 Å². The topological polar surface area (TPSA) is 129 Å². The lowest BCUT2D eigenvalue weighted by atomic mass is 9.95. The molecule has 1 amide bonds. The number of nitrogens with zero attached hydrogens (tertiary/aromatic N) is 3. The first-order valence-corrected chi connectivity index (χ1v) is 14.4. The zero-order valence-electron chi connectivity index (χ0n) is 23.9. The van der Waals surface area contributed by atoms with Gasteiger partial charge in [0.25, 0.3) is 17.2 Å². The molecule has 2 aromatic heterocycles. The standard InChI is InChI=1S/C33H26N4O6S/c1-19-12-14-25(26(16-19)37(40)41)27-15-13-24(43-27)18-28-32(39)36-30(21-8-7-11-23(17-21)42-3)29(20(2)34-33(36)44-28)31(38)35-22-9-5-4-6-10-22/h4-18,30H,1-3H3,(H,35,38)/b28-18-. The lowest BCUT2D eigenvalue weighted by molar-refractivity contribution is -0.384. The summed E-state index contributed by atoms with van der Waals surface area (Å²) < 4.78 is 13.2. The number of nitro groups is 1. The maximum Gasteiger partial charge on any atom is 0.280 e. The van der Waals surface area contributed by atoms with Gasteiger partial charge in [0.15, 0.2) is 4.80 Å². The summed E-state index contributed by atoms with van der Waals surface area (Å²) in [5.41, 5.74) is 2.76. The van der Waals surface area contributed by atoms with E-state index in [0.29, 0.717) is 54.7 Å². The molecular formula is C33H26N4O6S. The number of ether oxygens (including phenoxy) is 1. The number of carbonyl (C=O) groups is 1. The number of carbonyl (C=O) groups excluding carboxylic acids is 1. The van der Waals surface area contributed by atoms with Crippen LogP contribution in [-0.2, 0) is 4.79 Å². The molecule has 6 rings (SSSR count). The van der Waals surface area contributed by atoms with Crippen LogP contribution in [0.15, 0.2) is 110 Å². The SMILES string of the molecule is COc1cccc(C2C(C(=O)Nc3ccccc3)=C(C)N=c3s/c(=C\c4ccc(-c5ccc(C)cc5[N+](=O)[O-])o4)c(=O)n32)c1. The number of aromatic nitrogens is 1. The first-order chi connectivity index (χ1) is 21.2. The second kappa shape index (κ2) is 11.6. The number of rotatable bonds is 7. The van der Waals surface area contributed by atoms with Crippen molar-refractivity contribution in [3.05, 3.63) is 143 Å². The highest BCUT2D eigenvalue weighted by Gasteiger charge is 2.33. The summed E-state index contributed by atoms with van der Waals surface area (Å²) in [6, 6.07) is 23.7. The molecule has 0 aliphatic carbocycles. The molecule has 1 aliphatic rings. The van der Waals surface area contributed by atoms with E-state index in [2.05, 4.69) is 10.3 Å². The van der Waals surface area contributed by atoms with Crippen LogP contribution < -0.4 is 24.9 Å². The molecule has 3 heterocycles. The highest BCUT2D eigenvalue weighted by atomic mass is 32.1. The van der Waals surface area contributed by atoms with Gasteiger partial charge in [0.2, 0.25) is 0 Å². The number of nitro benzene ring substituents is 1. The van der Waals surface area contributed by atoms with Gasteiger partial charge in [-0.2, -0.15) is 0 Å². The number of para-hydroxylation sites is 1. The fraction of sp³-hybridized carbons (Fsp3) is 0.121. The number of anilines is 1. The number of aryl methyl sites for hydroxylation is 1. The Morgan fingerprint density at radius 3 is 2.61 bits per heavy atom. The van der Waals surface area contributed by atoms with Crippen LogP contribution in [0.3, 0.4) is 0 Å². The summed E-state index contributed by atoms with van der Waals surface area (Å²) in [6.45, 7) is 3.53. The average molecular weight is 607 g/mol. The normalized spacial score (nSPS) is 14.6. The largest absolute Gasteiger partial charge is 0.497 e. The molecule has 0 spiro atoms. The zero-order chi connectivity index (χ0) is 31.0. The van der Waals surface area contributed by atoms with E-state index in [1.165, 1.54) is 10.6 Å². The van der Waals surface area contributed by atoms with E-state index in [1.54, 1.807) is 81.6 Å². The summed E-state index contributed by atoms with van der Waals surface area (Å²) in [4.78, 5) is 44.0. The Kier molecular flexibility index (Phi) is 7.54. The van der Waals surface area contributed by atoms with Crippen LogP contribution in [0, 0.1) is 17.0 Å². The summed E-state index contributed by atoms with van der Waals surface area (Å²) in [7, 11) is 1.55. The third kappa shape index (κ3) is 5.36. The van der Waals surface area contributed by atoms with Crippen LogP contribution in [0.25, 0.3) is 17.4 Å². The molecule has 0 saturated carbocycles. The number of benzene rings is 3. The predicted octanol–water partition coefficient (Wildman–Crippen LogP) is 5.36. The lowest BCUT2D eigenvalue weighted by Crippen LogP contribution is -2.40. The number of nitrogens with one attached hydrogen (secondary N) is 1. The minimum Gasteiger partial charge on any atom is -0.497 e. The van der Waals surface area contributed by atoms with Gasteiger partial charge in [-0.25, -0.2) is 4.99 Å². The van der Waals surface area contributed by atoms with E-state index in [-0.39, 0.29) is 17.2 Å². The quantitative estimate of drug-likeness (QED) is 0.196. The summed E-state index contributed by atoms with van der Waals surface area (Å²) in [5.74, 6) is 0.849. The second-order valence-electron chi connectivity index (χ2n) is 10.2. The summed E-state index contributed by atoms with van der Waals surface area (Å²) >= 11 is 1.16. The van der Waals surface area contributed by atoms with Crippen molar-refractivity contribution in [1.29, 1.82) is 0 Å². The van der Waals surface area contributed by atoms with Gasteiger partial charge in [0.1, 0.15) is 17.3 Å². The van der Waals surface area contributed by atoms with E-state index in [1.807, 2.05) is 24.3 Å². The Balaban J connectivity index is 1.46. The summed E-state index contributed by atoms with van der Waals surface area (Å²) in [5, 5.41) is 14.6. The van der Waals surface area contributed by atoms with Gasteiger partial charge < -0.3 is 14.5 Å². The van der Waals surface area contributed by atoms with Crippen molar-refractivity contribution >= 4 is 34.7 Å². The molecule has 11 heteroatoms. The molecular weight excluding hydrogens is 580 g/mol. The number of methoxy groups -OCH3 is 1. The molecule has 0 fully saturated rings.